The fourth-order valence-corrected chi connectivity index (χ4v) is 4.69. The van der Waals surface area contributed by atoms with E-state index in [0.717, 1.165) is 0 Å². The Morgan fingerprint density at radius 2 is 2.15 bits per heavy atom. The highest BCUT2D eigenvalue weighted by Crippen LogP contribution is 2.32. The second-order valence-corrected chi connectivity index (χ2v) is 8.98. The molecule has 0 aliphatic carbocycles. The highest BCUT2D eigenvalue weighted by atomic mass is 32.2. The lowest BCUT2D eigenvalue weighted by Crippen LogP contribution is -2.51. The number of hydrogen-bond donors (Lipinski definition) is 2. The molecule has 1 aliphatic heterocycles. The van der Waals surface area contributed by atoms with E-state index in [2.05, 4.69) is 4.72 Å². The normalized spacial score (nSPS) is 18.9. The van der Waals surface area contributed by atoms with Gasteiger partial charge in [-0.05, 0) is 49.9 Å². The van der Waals surface area contributed by atoms with Crippen LogP contribution in [0.5, 0.6) is 5.75 Å². The maximum Gasteiger partial charge on any atom is 0.347 e. The maximum absolute atomic E-state index is 12.8. The molecule has 26 heavy (non-hydrogen) atoms. The summed E-state index contributed by atoms with van der Waals surface area (Å²) >= 11 is 0. The molecule has 0 saturated heterocycles. The third kappa shape index (κ3) is 4.75. The average molecular weight is 384 g/mol. The zero-order valence-electron chi connectivity index (χ0n) is 15.7. The predicted molar refractivity (Wildman–Crippen MR) is 98.4 cm³/mol. The Bertz CT molecular complexity index is 763. The van der Waals surface area contributed by atoms with Gasteiger partial charge in [0.15, 0.2) is 6.10 Å². The van der Waals surface area contributed by atoms with Crippen molar-refractivity contribution in [2.45, 2.75) is 57.1 Å². The zero-order chi connectivity index (χ0) is 19.5. The minimum absolute atomic E-state index is 0.132. The van der Waals surface area contributed by atoms with Crippen molar-refractivity contribution in [1.82, 2.24) is 4.72 Å². The van der Waals surface area contributed by atoms with Crippen LogP contribution in [0.15, 0.2) is 23.1 Å². The molecule has 2 atom stereocenters. The fourth-order valence-electron chi connectivity index (χ4n) is 3.21. The summed E-state index contributed by atoms with van der Waals surface area (Å²) in [4.78, 5) is 12.0. The first-order chi connectivity index (χ1) is 12.1. The van der Waals surface area contributed by atoms with Crippen LogP contribution < -0.4 is 15.2 Å². The van der Waals surface area contributed by atoms with Gasteiger partial charge >= 0.3 is 5.97 Å². The quantitative estimate of drug-likeness (QED) is 0.659. The minimum Gasteiger partial charge on any atom is -0.478 e. The smallest absolute Gasteiger partial charge is 0.347 e. The maximum atomic E-state index is 12.8. The van der Waals surface area contributed by atoms with Gasteiger partial charge in [0, 0.05) is 18.5 Å². The van der Waals surface area contributed by atoms with Crippen LogP contribution in [-0.2, 0) is 26.0 Å². The Morgan fingerprint density at radius 3 is 2.73 bits per heavy atom. The van der Waals surface area contributed by atoms with E-state index in [-0.39, 0.29) is 24.5 Å². The van der Waals surface area contributed by atoms with Gasteiger partial charge in [0.25, 0.3) is 0 Å². The number of ether oxygens (including phenoxy) is 2. The molecule has 2 rings (SSSR count). The molecule has 0 spiro atoms. The van der Waals surface area contributed by atoms with E-state index in [9.17, 15) is 13.2 Å². The van der Waals surface area contributed by atoms with E-state index in [1.54, 1.807) is 26.0 Å². The van der Waals surface area contributed by atoms with Crippen LogP contribution in [0.2, 0.25) is 0 Å². The highest BCUT2D eigenvalue weighted by molar-refractivity contribution is 7.89. The number of hydrogen-bond acceptors (Lipinski definition) is 6. The summed E-state index contributed by atoms with van der Waals surface area (Å²) in [5.74, 6) is 0.356. The van der Waals surface area contributed by atoms with Crippen molar-refractivity contribution in [3.05, 3.63) is 23.8 Å². The second-order valence-electron chi connectivity index (χ2n) is 7.30. The molecule has 146 valence electrons. The molecule has 0 fully saturated rings. The first-order valence-electron chi connectivity index (χ1n) is 8.80. The van der Waals surface area contributed by atoms with E-state index < -0.39 is 27.6 Å². The number of nitrogens with one attached hydrogen (secondary N) is 1. The number of benzene rings is 1. The van der Waals surface area contributed by atoms with Gasteiger partial charge in [0.05, 0.1) is 11.5 Å². The Labute approximate surface area is 155 Å². The molecule has 1 aromatic rings. The monoisotopic (exact) mass is 384 g/mol. The van der Waals surface area contributed by atoms with Crippen LogP contribution in [0.25, 0.3) is 0 Å². The van der Waals surface area contributed by atoms with Crippen LogP contribution in [0.1, 0.15) is 39.7 Å². The summed E-state index contributed by atoms with van der Waals surface area (Å²) in [5, 5.41) is 0. The Hall–Kier alpha value is -1.64. The van der Waals surface area contributed by atoms with Gasteiger partial charge < -0.3 is 15.2 Å². The highest BCUT2D eigenvalue weighted by Gasteiger charge is 2.33. The Morgan fingerprint density at radius 1 is 1.46 bits per heavy atom. The third-order valence-electron chi connectivity index (χ3n) is 4.26. The zero-order valence-corrected chi connectivity index (χ0v) is 16.6. The molecule has 0 amide bonds. The lowest BCUT2D eigenvalue weighted by Gasteiger charge is -2.30. The van der Waals surface area contributed by atoms with Gasteiger partial charge in [0.2, 0.25) is 10.0 Å². The average Bonchev–Trinajstić information content (AvgIpc) is 2.97. The Kier molecular flexibility index (Phi) is 6.31. The summed E-state index contributed by atoms with van der Waals surface area (Å²) in [6.07, 6.45) is 0.186. The van der Waals surface area contributed by atoms with Crippen molar-refractivity contribution in [1.29, 1.82) is 0 Å². The molecular weight excluding hydrogens is 356 g/mol. The largest absolute Gasteiger partial charge is 0.478 e. The van der Waals surface area contributed by atoms with Crippen LogP contribution in [-0.4, -0.2) is 39.2 Å². The lowest BCUT2D eigenvalue weighted by atomic mass is 9.92. The summed E-state index contributed by atoms with van der Waals surface area (Å²) in [5.41, 5.74) is 5.76. The van der Waals surface area contributed by atoms with E-state index in [1.807, 2.05) is 13.8 Å². The van der Waals surface area contributed by atoms with E-state index >= 15 is 0 Å². The number of nitrogens with two attached hydrogens (primary N) is 1. The van der Waals surface area contributed by atoms with Crippen LogP contribution in [0.4, 0.5) is 0 Å². The van der Waals surface area contributed by atoms with E-state index in [4.69, 9.17) is 15.2 Å². The molecule has 1 heterocycles. The van der Waals surface area contributed by atoms with Gasteiger partial charge in [-0.1, -0.05) is 13.8 Å². The van der Waals surface area contributed by atoms with E-state index in [0.29, 0.717) is 23.7 Å². The number of rotatable bonds is 8. The molecule has 0 bridgehead atoms. The van der Waals surface area contributed by atoms with Crippen LogP contribution in [0, 0.1) is 5.92 Å². The number of esters is 1. The summed E-state index contributed by atoms with van der Waals surface area (Å²) in [6.45, 7) is 8.03. The number of sulfonamides is 1. The van der Waals surface area contributed by atoms with Gasteiger partial charge in [-0.3, -0.25) is 0 Å². The van der Waals surface area contributed by atoms with Crippen molar-refractivity contribution in [3.63, 3.8) is 0 Å². The van der Waals surface area contributed by atoms with Crippen molar-refractivity contribution >= 4 is 16.0 Å². The third-order valence-corrected chi connectivity index (χ3v) is 5.89. The molecule has 0 saturated carbocycles. The van der Waals surface area contributed by atoms with Gasteiger partial charge in [-0.15, -0.1) is 0 Å². The predicted octanol–water partition coefficient (Wildman–Crippen LogP) is 1.60. The second kappa shape index (κ2) is 7.94. The molecule has 1 aliphatic rings. The number of carbonyl (C=O) groups excluding carboxylic acids is 1. The number of fused-ring (bicyclic) bond motifs is 1. The molecule has 1 aromatic carbocycles. The standard InChI is InChI=1S/C18H28N2O5S/c1-5-24-17(21)16-9-13-8-14(6-7-15(13)25-16)26(22,23)20-18(4,11-19)10-12(2)3/h6-8,12,16,20H,5,9-11,19H2,1-4H3. The molecular formula is C18H28N2O5S. The van der Waals surface area contributed by atoms with Crippen molar-refractivity contribution in [3.8, 4) is 5.75 Å². The van der Waals surface area contributed by atoms with Crippen molar-refractivity contribution in [2.24, 2.45) is 11.7 Å². The first-order valence-corrected chi connectivity index (χ1v) is 10.3. The van der Waals surface area contributed by atoms with Gasteiger partial charge in [-0.2, -0.15) is 0 Å². The first kappa shape index (κ1) is 20.7. The summed E-state index contributed by atoms with van der Waals surface area (Å²) in [6, 6.07) is 4.59. The Balaban J connectivity index is 2.21. The van der Waals surface area contributed by atoms with E-state index in [1.165, 1.54) is 6.07 Å². The molecule has 2 unspecified atom stereocenters. The number of carbonyl (C=O) groups is 1. The van der Waals surface area contributed by atoms with Crippen LogP contribution in [0.3, 0.4) is 0 Å². The van der Waals surface area contributed by atoms with Crippen molar-refractivity contribution < 1.29 is 22.7 Å². The summed E-state index contributed by atoms with van der Waals surface area (Å²) < 4.78 is 38.9. The van der Waals surface area contributed by atoms with Gasteiger partial charge in [0.1, 0.15) is 5.75 Å². The molecule has 8 heteroatoms. The molecule has 7 nitrogen and oxygen atoms in total. The summed E-state index contributed by atoms with van der Waals surface area (Å²) in [7, 11) is -3.75. The fraction of sp³-hybridized carbons (Fsp3) is 0.611. The topological polar surface area (TPSA) is 108 Å². The molecule has 3 N–H and O–H groups in total. The van der Waals surface area contributed by atoms with Crippen LogP contribution >= 0.6 is 0 Å². The SMILES string of the molecule is CCOC(=O)C1Cc2cc(S(=O)(=O)NC(C)(CN)CC(C)C)ccc2O1. The minimum atomic E-state index is -3.75. The lowest BCUT2D eigenvalue weighted by molar-refractivity contribution is -0.150. The van der Waals surface area contributed by atoms with Gasteiger partial charge in [-0.25, -0.2) is 17.9 Å². The molecule has 0 radical (unpaired) electrons. The molecule has 0 aromatic heterocycles. The van der Waals surface area contributed by atoms with Crippen molar-refractivity contribution in [2.75, 3.05) is 13.2 Å².